The Morgan fingerprint density at radius 3 is 1.51 bits per heavy atom. The largest absolute Gasteiger partial charge is 0.456 e. The fourth-order valence-electron chi connectivity index (χ4n) is 11.3. The van der Waals surface area contributed by atoms with Crippen LogP contribution in [-0.4, -0.2) is 9.97 Å². The molecule has 1 aromatic heterocycles. The average Bonchev–Trinajstić information content (AvgIpc) is 3.37. The Kier molecular flexibility index (Phi) is 8.17. The van der Waals surface area contributed by atoms with Gasteiger partial charge >= 0.3 is 0 Å². The quantitative estimate of drug-likeness (QED) is 0.166. The highest BCUT2D eigenvalue weighted by molar-refractivity contribution is 6.25. The van der Waals surface area contributed by atoms with Gasteiger partial charge in [0.25, 0.3) is 0 Å². The third-order valence-electron chi connectivity index (χ3n) is 14.2. The molecule has 13 rings (SSSR count). The number of nitrogens with zero attached hydrogens (tertiary/aromatic N) is 2. The van der Waals surface area contributed by atoms with Crippen molar-refractivity contribution in [3.05, 3.63) is 252 Å². The summed E-state index contributed by atoms with van der Waals surface area (Å²) in [4.78, 5) is 10.7. The third-order valence-corrected chi connectivity index (χ3v) is 14.2. The summed E-state index contributed by atoms with van der Waals surface area (Å²) in [5.41, 5.74) is 13.4. The highest BCUT2D eigenvalue weighted by Crippen LogP contribution is 2.62. The number of hydrogen-bond acceptors (Lipinski definition) is 3. The van der Waals surface area contributed by atoms with Crippen LogP contribution in [0.15, 0.2) is 218 Å². The fourth-order valence-corrected chi connectivity index (χ4v) is 11.3. The van der Waals surface area contributed by atoms with E-state index in [9.17, 15) is 0 Å². The zero-order chi connectivity index (χ0) is 43.3. The van der Waals surface area contributed by atoms with Gasteiger partial charge in [-0.15, -0.1) is 0 Å². The van der Waals surface area contributed by atoms with Gasteiger partial charge in [0.05, 0.1) is 16.8 Å². The summed E-state index contributed by atoms with van der Waals surface area (Å²) in [5, 5.41) is 7.42. The van der Waals surface area contributed by atoms with E-state index in [2.05, 4.69) is 226 Å². The molecule has 2 heterocycles. The van der Waals surface area contributed by atoms with E-state index >= 15 is 0 Å². The minimum absolute atomic E-state index is 0.205. The predicted molar refractivity (Wildman–Crippen MR) is 267 cm³/mol. The molecule has 0 fully saturated rings. The second kappa shape index (κ2) is 14.2. The molecule has 11 aromatic rings. The summed E-state index contributed by atoms with van der Waals surface area (Å²) >= 11 is 0. The lowest BCUT2D eigenvalue weighted by atomic mass is 9.53. The minimum Gasteiger partial charge on any atom is -0.456 e. The molecule has 0 atom stereocenters. The number of hydrogen-bond donors (Lipinski definition) is 0. The van der Waals surface area contributed by atoms with Gasteiger partial charge in [-0.05, 0) is 78.3 Å². The molecule has 0 amide bonds. The lowest BCUT2D eigenvalue weighted by Crippen LogP contribution is -2.43. The van der Waals surface area contributed by atoms with Gasteiger partial charge in [-0.25, -0.2) is 9.97 Å². The van der Waals surface area contributed by atoms with Crippen molar-refractivity contribution in [1.29, 1.82) is 0 Å². The lowest BCUT2D eigenvalue weighted by molar-refractivity contribution is 0.427. The summed E-state index contributed by atoms with van der Waals surface area (Å²) in [6.07, 6.45) is 0. The van der Waals surface area contributed by atoms with Crippen LogP contribution in [0.2, 0.25) is 0 Å². The van der Waals surface area contributed by atoms with E-state index < -0.39 is 5.41 Å². The summed E-state index contributed by atoms with van der Waals surface area (Å²) in [5.74, 6) is 2.39. The summed E-state index contributed by atoms with van der Waals surface area (Å²) in [6, 6.07) is 78.8. The first-order valence-electron chi connectivity index (χ1n) is 22.5. The van der Waals surface area contributed by atoms with Crippen LogP contribution in [0.3, 0.4) is 0 Å². The van der Waals surface area contributed by atoms with Crippen molar-refractivity contribution in [2.75, 3.05) is 0 Å². The molecule has 1 aliphatic carbocycles. The zero-order valence-electron chi connectivity index (χ0n) is 36.1. The van der Waals surface area contributed by atoms with Gasteiger partial charge in [0.15, 0.2) is 5.82 Å². The third kappa shape index (κ3) is 5.42. The van der Waals surface area contributed by atoms with Crippen molar-refractivity contribution in [1.82, 2.24) is 9.97 Å². The van der Waals surface area contributed by atoms with Crippen LogP contribution in [-0.2, 0) is 10.8 Å². The SMILES string of the molecule is CC1(C)c2ccccc2C2(c3ccccc3Oc3c(-c4ccccc4-c4cc(-c5ccc6c7ccccc7c7ccccc7c6c5)nc(-c5ccccc5)n4)cccc32)c2ccccc21. The van der Waals surface area contributed by atoms with Crippen molar-refractivity contribution in [3.63, 3.8) is 0 Å². The molecule has 0 N–H and O–H groups in total. The molecule has 3 nitrogen and oxygen atoms in total. The van der Waals surface area contributed by atoms with Crippen LogP contribution in [0.5, 0.6) is 11.5 Å². The standard InChI is InChI=1S/C62H42N2O/c1-61(2)50-28-12-14-30-52(50)62(53-31-15-13-29-51(53)61)54-32-16-17-34-58(54)65-59-48(27-18-33-55(59)62)45-25-10-11-26-47(45)57-38-56(63-60(64-57)39-19-4-3-5-20-39)40-35-36-46-43-23-7-6-21-41(43)42-22-8-9-24-44(42)49(46)37-40/h3-38H,1-2H3. The van der Waals surface area contributed by atoms with Gasteiger partial charge in [-0.2, -0.15) is 0 Å². The van der Waals surface area contributed by atoms with Crippen LogP contribution in [0, 0.1) is 0 Å². The molecular formula is C62H42N2O. The first-order chi connectivity index (χ1) is 32.0. The van der Waals surface area contributed by atoms with Gasteiger partial charge in [-0.1, -0.05) is 214 Å². The van der Waals surface area contributed by atoms with E-state index in [0.29, 0.717) is 5.82 Å². The Bertz CT molecular complexity index is 3650. The zero-order valence-corrected chi connectivity index (χ0v) is 36.1. The monoisotopic (exact) mass is 830 g/mol. The van der Waals surface area contributed by atoms with Crippen LogP contribution in [0.25, 0.3) is 77.3 Å². The highest BCUT2D eigenvalue weighted by Gasteiger charge is 2.53. The number of fused-ring (bicyclic) bond motifs is 14. The first kappa shape index (κ1) is 37.4. The predicted octanol–water partition coefficient (Wildman–Crippen LogP) is 15.7. The Hall–Kier alpha value is -8.14. The molecule has 306 valence electrons. The molecule has 1 spiro atoms. The van der Waals surface area contributed by atoms with Gasteiger partial charge in [-0.3, -0.25) is 0 Å². The number of para-hydroxylation sites is 2. The maximum atomic E-state index is 7.22. The number of ether oxygens (including phenoxy) is 1. The molecule has 0 saturated carbocycles. The van der Waals surface area contributed by atoms with E-state index in [1.807, 2.05) is 6.07 Å². The molecular weight excluding hydrogens is 789 g/mol. The Balaban J connectivity index is 1.05. The molecule has 0 bridgehead atoms. The van der Waals surface area contributed by atoms with Gasteiger partial charge in [0.1, 0.15) is 11.5 Å². The second-order valence-electron chi connectivity index (χ2n) is 18.0. The molecule has 0 unspecified atom stereocenters. The summed E-state index contributed by atoms with van der Waals surface area (Å²) in [7, 11) is 0. The molecule has 65 heavy (non-hydrogen) atoms. The van der Waals surface area contributed by atoms with Crippen LogP contribution < -0.4 is 4.74 Å². The Morgan fingerprint density at radius 2 is 0.831 bits per heavy atom. The van der Waals surface area contributed by atoms with Crippen molar-refractivity contribution in [2.45, 2.75) is 24.7 Å². The van der Waals surface area contributed by atoms with Gasteiger partial charge in [0, 0.05) is 38.8 Å². The minimum atomic E-state index is -0.619. The topological polar surface area (TPSA) is 35.0 Å². The second-order valence-corrected chi connectivity index (χ2v) is 18.0. The van der Waals surface area contributed by atoms with E-state index in [1.165, 1.54) is 54.6 Å². The Morgan fingerprint density at radius 1 is 0.338 bits per heavy atom. The van der Waals surface area contributed by atoms with Crippen molar-refractivity contribution in [3.8, 4) is 56.5 Å². The van der Waals surface area contributed by atoms with E-state index in [4.69, 9.17) is 14.7 Å². The summed E-state index contributed by atoms with van der Waals surface area (Å²) in [6.45, 7) is 4.72. The summed E-state index contributed by atoms with van der Waals surface area (Å²) < 4.78 is 7.22. The maximum absolute atomic E-state index is 7.22. The fraction of sp³-hybridized carbons (Fsp3) is 0.0645. The lowest BCUT2D eigenvalue weighted by Gasteiger charge is -2.50. The van der Waals surface area contributed by atoms with Crippen LogP contribution >= 0.6 is 0 Å². The van der Waals surface area contributed by atoms with Gasteiger partial charge < -0.3 is 4.74 Å². The van der Waals surface area contributed by atoms with Crippen molar-refractivity contribution < 1.29 is 4.74 Å². The van der Waals surface area contributed by atoms with Crippen molar-refractivity contribution in [2.24, 2.45) is 0 Å². The molecule has 3 heteroatoms. The van der Waals surface area contributed by atoms with E-state index in [-0.39, 0.29) is 5.41 Å². The average molecular weight is 831 g/mol. The van der Waals surface area contributed by atoms with Crippen LogP contribution in [0.4, 0.5) is 0 Å². The number of rotatable bonds is 4. The molecule has 10 aromatic carbocycles. The van der Waals surface area contributed by atoms with Crippen LogP contribution in [0.1, 0.15) is 47.2 Å². The smallest absolute Gasteiger partial charge is 0.160 e. The molecule has 1 aliphatic heterocycles. The number of aromatic nitrogens is 2. The van der Waals surface area contributed by atoms with Crippen molar-refractivity contribution >= 4 is 32.3 Å². The van der Waals surface area contributed by atoms with E-state index in [1.54, 1.807) is 0 Å². The Labute approximate surface area is 378 Å². The molecule has 0 saturated heterocycles. The normalized spacial score (nSPS) is 14.1. The molecule has 2 aliphatic rings. The first-order valence-corrected chi connectivity index (χ1v) is 22.5. The highest BCUT2D eigenvalue weighted by atomic mass is 16.5. The van der Waals surface area contributed by atoms with Gasteiger partial charge in [0.2, 0.25) is 0 Å². The maximum Gasteiger partial charge on any atom is 0.160 e. The van der Waals surface area contributed by atoms with E-state index in [0.717, 1.165) is 61.8 Å². The molecule has 0 radical (unpaired) electrons. The number of benzene rings is 10.